The third-order valence-electron chi connectivity index (χ3n) is 2.94. The minimum Gasteiger partial charge on any atom is -0.490 e. The van der Waals surface area contributed by atoms with Crippen LogP contribution in [0.4, 0.5) is 0 Å². The van der Waals surface area contributed by atoms with Crippen molar-refractivity contribution >= 4 is 46.4 Å². The van der Waals surface area contributed by atoms with Crippen molar-refractivity contribution in [2.45, 2.75) is 13.5 Å². The molecule has 0 saturated heterocycles. The number of hydrogen-bond donors (Lipinski definition) is 0. The molecule has 3 nitrogen and oxygen atoms in total. The maximum absolute atomic E-state index is 9.00. The summed E-state index contributed by atoms with van der Waals surface area (Å²) < 4.78 is 11.2. The van der Waals surface area contributed by atoms with E-state index in [0.717, 1.165) is 0 Å². The predicted molar refractivity (Wildman–Crippen MR) is 93.1 cm³/mol. The molecule has 0 aliphatic heterocycles. The number of halogens is 4. The Morgan fingerprint density at radius 2 is 1.70 bits per heavy atom. The van der Waals surface area contributed by atoms with Gasteiger partial charge in [-0.2, -0.15) is 5.26 Å². The molecule has 0 heterocycles. The van der Waals surface area contributed by atoms with E-state index in [1.807, 2.05) is 13.0 Å². The summed E-state index contributed by atoms with van der Waals surface area (Å²) in [5.41, 5.74) is 0.924. The average molecular weight is 391 g/mol. The van der Waals surface area contributed by atoms with Crippen LogP contribution in [0.1, 0.15) is 18.1 Å². The lowest BCUT2D eigenvalue weighted by atomic mass is 10.2. The van der Waals surface area contributed by atoms with Gasteiger partial charge in [0.15, 0.2) is 11.5 Å². The van der Waals surface area contributed by atoms with E-state index in [0.29, 0.717) is 44.3 Å². The van der Waals surface area contributed by atoms with Crippen LogP contribution in [0.3, 0.4) is 0 Å². The molecule has 0 spiro atoms. The Morgan fingerprint density at radius 3 is 2.35 bits per heavy atom. The van der Waals surface area contributed by atoms with E-state index in [4.69, 9.17) is 61.1 Å². The minimum absolute atomic E-state index is 0.0594. The molecule has 2 aromatic carbocycles. The second-order valence-corrected chi connectivity index (χ2v) is 6.04. The molecule has 7 heteroatoms. The summed E-state index contributed by atoms with van der Waals surface area (Å²) in [6.07, 6.45) is 0. The van der Waals surface area contributed by atoms with Crippen molar-refractivity contribution in [1.29, 1.82) is 5.26 Å². The summed E-state index contributed by atoms with van der Waals surface area (Å²) in [7, 11) is 0. The van der Waals surface area contributed by atoms with Crippen molar-refractivity contribution in [3.8, 4) is 17.6 Å². The molecule has 2 rings (SSSR count). The molecule has 0 aliphatic carbocycles. The fourth-order valence-electron chi connectivity index (χ4n) is 1.88. The largest absolute Gasteiger partial charge is 0.490 e. The third kappa shape index (κ3) is 4.16. The third-order valence-corrected chi connectivity index (χ3v) is 4.42. The number of nitrogens with zero attached hydrogens (tertiary/aromatic N) is 1. The van der Waals surface area contributed by atoms with Crippen molar-refractivity contribution in [3.63, 3.8) is 0 Å². The highest BCUT2D eigenvalue weighted by Gasteiger charge is 2.16. The van der Waals surface area contributed by atoms with Crippen molar-refractivity contribution in [2.24, 2.45) is 0 Å². The molecular weight excluding hydrogens is 380 g/mol. The van der Waals surface area contributed by atoms with E-state index in [9.17, 15) is 0 Å². The zero-order chi connectivity index (χ0) is 17.0. The number of hydrogen-bond acceptors (Lipinski definition) is 3. The molecule has 0 fully saturated rings. The van der Waals surface area contributed by atoms with Gasteiger partial charge in [-0.3, -0.25) is 0 Å². The Balaban J connectivity index is 2.34. The Kier molecular flexibility index (Phi) is 6.26. The predicted octanol–water partition coefficient (Wildman–Crippen LogP) is 6.15. The summed E-state index contributed by atoms with van der Waals surface area (Å²) in [6.45, 7) is 2.28. The van der Waals surface area contributed by atoms with Gasteiger partial charge in [-0.15, -0.1) is 0 Å². The van der Waals surface area contributed by atoms with Gasteiger partial charge < -0.3 is 9.47 Å². The highest BCUT2D eigenvalue weighted by atomic mass is 35.5. The summed E-state index contributed by atoms with van der Waals surface area (Å²) in [4.78, 5) is 0. The molecule has 0 saturated carbocycles. The second-order valence-electron chi connectivity index (χ2n) is 4.44. The quantitative estimate of drug-likeness (QED) is 0.575. The molecular formula is C16H11Cl4NO2. The van der Waals surface area contributed by atoms with E-state index >= 15 is 0 Å². The van der Waals surface area contributed by atoms with Gasteiger partial charge >= 0.3 is 0 Å². The zero-order valence-corrected chi connectivity index (χ0v) is 15.0. The van der Waals surface area contributed by atoms with Crippen LogP contribution < -0.4 is 9.47 Å². The van der Waals surface area contributed by atoms with Gasteiger partial charge in [0.1, 0.15) is 6.61 Å². The summed E-state index contributed by atoms with van der Waals surface area (Å²) in [5, 5.41) is 10.4. The fourth-order valence-corrected chi connectivity index (χ4v) is 2.80. The molecule has 0 amide bonds. The number of rotatable bonds is 5. The molecule has 0 aromatic heterocycles. The Hall–Kier alpha value is -1.31. The summed E-state index contributed by atoms with van der Waals surface area (Å²) >= 11 is 24.4. The Morgan fingerprint density at radius 1 is 1.00 bits per heavy atom. The fraction of sp³-hybridized carbons (Fsp3) is 0.188. The van der Waals surface area contributed by atoms with Gasteiger partial charge in [0.2, 0.25) is 0 Å². The molecule has 0 bridgehead atoms. The lowest BCUT2D eigenvalue weighted by Crippen LogP contribution is -2.02. The zero-order valence-electron chi connectivity index (χ0n) is 12.0. The first-order chi connectivity index (χ1) is 11.0. The summed E-state index contributed by atoms with van der Waals surface area (Å²) in [6, 6.07) is 8.32. The molecule has 0 aliphatic rings. The van der Waals surface area contributed by atoms with Crippen LogP contribution in [0.25, 0.3) is 0 Å². The van der Waals surface area contributed by atoms with E-state index < -0.39 is 0 Å². The average Bonchev–Trinajstić information content (AvgIpc) is 2.53. The van der Waals surface area contributed by atoms with Gasteiger partial charge in [-0.25, -0.2) is 0 Å². The highest BCUT2D eigenvalue weighted by Crippen LogP contribution is 2.38. The van der Waals surface area contributed by atoms with Gasteiger partial charge in [0, 0.05) is 16.7 Å². The Labute approximate surface area is 154 Å². The van der Waals surface area contributed by atoms with Crippen LogP contribution in [0, 0.1) is 11.3 Å². The monoisotopic (exact) mass is 389 g/mol. The highest BCUT2D eigenvalue weighted by molar-refractivity contribution is 6.44. The van der Waals surface area contributed by atoms with Crippen LogP contribution in [-0.4, -0.2) is 6.61 Å². The molecule has 0 N–H and O–H groups in total. The molecule has 0 atom stereocenters. The lowest BCUT2D eigenvalue weighted by molar-refractivity contribution is 0.269. The molecule has 0 unspecified atom stereocenters. The van der Waals surface area contributed by atoms with Gasteiger partial charge in [-0.1, -0.05) is 46.4 Å². The van der Waals surface area contributed by atoms with Crippen molar-refractivity contribution in [1.82, 2.24) is 0 Å². The first-order valence-corrected chi connectivity index (χ1v) is 8.10. The SMILES string of the molecule is CCOc1cc(C#N)cc(Cl)c1OCc1c(Cl)ccc(Cl)c1Cl. The van der Waals surface area contributed by atoms with Crippen LogP contribution >= 0.6 is 46.4 Å². The first kappa shape index (κ1) is 18.0. The van der Waals surface area contributed by atoms with Gasteiger partial charge in [0.05, 0.1) is 33.3 Å². The van der Waals surface area contributed by atoms with Crippen molar-refractivity contribution < 1.29 is 9.47 Å². The van der Waals surface area contributed by atoms with Crippen molar-refractivity contribution in [2.75, 3.05) is 6.61 Å². The second kappa shape index (κ2) is 7.99. The minimum atomic E-state index is 0.0594. The van der Waals surface area contributed by atoms with E-state index in [2.05, 4.69) is 0 Å². The van der Waals surface area contributed by atoms with E-state index in [1.165, 1.54) is 6.07 Å². The van der Waals surface area contributed by atoms with Gasteiger partial charge in [0.25, 0.3) is 0 Å². The van der Waals surface area contributed by atoms with Gasteiger partial charge in [-0.05, 0) is 25.1 Å². The van der Waals surface area contributed by atoms with Crippen LogP contribution in [0.15, 0.2) is 24.3 Å². The standard InChI is InChI=1S/C16H11Cl4NO2/c1-2-22-14-6-9(7-21)5-13(19)16(14)23-8-10-11(17)3-4-12(18)15(10)20/h3-6H,2,8H2,1H3. The van der Waals surface area contributed by atoms with Crippen LogP contribution in [0.5, 0.6) is 11.5 Å². The van der Waals surface area contributed by atoms with E-state index in [-0.39, 0.29) is 11.6 Å². The number of nitriles is 1. The normalized spacial score (nSPS) is 10.3. The topological polar surface area (TPSA) is 42.2 Å². The molecule has 2 aromatic rings. The number of ether oxygens (including phenoxy) is 2. The molecule has 120 valence electrons. The number of benzene rings is 2. The first-order valence-electron chi connectivity index (χ1n) is 6.59. The van der Waals surface area contributed by atoms with Crippen LogP contribution in [-0.2, 0) is 6.61 Å². The maximum atomic E-state index is 9.00. The molecule has 23 heavy (non-hydrogen) atoms. The molecule has 0 radical (unpaired) electrons. The summed E-state index contributed by atoms with van der Waals surface area (Å²) in [5.74, 6) is 0.699. The maximum Gasteiger partial charge on any atom is 0.180 e. The van der Waals surface area contributed by atoms with Crippen molar-refractivity contribution in [3.05, 3.63) is 55.5 Å². The lowest BCUT2D eigenvalue weighted by Gasteiger charge is -2.15. The smallest absolute Gasteiger partial charge is 0.180 e. The van der Waals surface area contributed by atoms with E-state index in [1.54, 1.807) is 18.2 Å². The Bertz CT molecular complexity index is 772. The van der Waals surface area contributed by atoms with Crippen LogP contribution in [0.2, 0.25) is 20.1 Å².